The van der Waals surface area contributed by atoms with E-state index in [1.54, 1.807) is 0 Å². The van der Waals surface area contributed by atoms with Crippen LogP contribution in [0.25, 0.3) is 0 Å². The molecule has 6 nitrogen and oxygen atoms in total. The molecule has 0 fully saturated rings. The van der Waals surface area contributed by atoms with E-state index in [1.165, 1.54) is 11.1 Å². The largest absolute Gasteiger partial charge is 0.375 e. The standard InChI is InChI=1S/C25H33N2O4/c1-3-7-24(8-4-1)21-30-19-17-28-15-13-26-11-12-27(23-26)14-16-29-18-20-31-22-25-9-5-2-6-10-25/h1-12,23H,13-22H2/q+1. The van der Waals surface area contributed by atoms with Crippen LogP contribution in [0.2, 0.25) is 0 Å². The minimum absolute atomic E-state index is 0.604. The minimum atomic E-state index is 0.604. The summed E-state index contributed by atoms with van der Waals surface area (Å²) < 4.78 is 26.8. The fourth-order valence-corrected chi connectivity index (χ4v) is 3.01. The van der Waals surface area contributed by atoms with Gasteiger partial charge in [0.15, 0.2) is 0 Å². The smallest absolute Gasteiger partial charge is 0.243 e. The van der Waals surface area contributed by atoms with Crippen LogP contribution in [0.15, 0.2) is 79.4 Å². The highest BCUT2D eigenvalue weighted by Gasteiger charge is 2.04. The number of aromatic nitrogens is 2. The Morgan fingerprint density at radius 3 is 1.77 bits per heavy atom. The highest BCUT2D eigenvalue weighted by atomic mass is 16.5. The predicted molar refractivity (Wildman–Crippen MR) is 118 cm³/mol. The Bertz CT molecular complexity index is 756. The zero-order chi connectivity index (χ0) is 21.4. The average Bonchev–Trinajstić information content (AvgIpc) is 3.27. The molecule has 1 heterocycles. The van der Waals surface area contributed by atoms with E-state index in [0.29, 0.717) is 52.9 Å². The summed E-state index contributed by atoms with van der Waals surface area (Å²) in [5.74, 6) is 0. The van der Waals surface area contributed by atoms with Crippen molar-refractivity contribution in [2.75, 3.05) is 39.6 Å². The van der Waals surface area contributed by atoms with E-state index in [2.05, 4.69) is 52.1 Å². The molecule has 0 radical (unpaired) electrons. The van der Waals surface area contributed by atoms with Crippen molar-refractivity contribution in [3.63, 3.8) is 0 Å². The molecule has 166 valence electrons. The van der Waals surface area contributed by atoms with E-state index in [9.17, 15) is 0 Å². The van der Waals surface area contributed by atoms with E-state index in [4.69, 9.17) is 18.9 Å². The summed E-state index contributed by atoms with van der Waals surface area (Å²) in [5, 5.41) is 0. The summed E-state index contributed by atoms with van der Waals surface area (Å²) in [6.07, 6.45) is 6.18. The lowest BCUT2D eigenvalue weighted by Crippen LogP contribution is -2.34. The van der Waals surface area contributed by atoms with Crippen LogP contribution in [-0.4, -0.2) is 44.2 Å². The second-order valence-corrected chi connectivity index (χ2v) is 7.19. The first-order chi connectivity index (χ1) is 15.4. The predicted octanol–water partition coefficient (Wildman–Crippen LogP) is 3.24. The van der Waals surface area contributed by atoms with Gasteiger partial charge in [-0.2, -0.15) is 0 Å². The molecule has 3 aromatic rings. The van der Waals surface area contributed by atoms with Gasteiger partial charge in [0.2, 0.25) is 6.33 Å². The summed E-state index contributed by atoms with van der Waals surface area (Å²) >= 11 is 0. The van der Waals surface area contributed by atoms with Crippen molar-refractivity contribution < 1.29 is 23.5 Å². The van der Waals surface area contributed by atoms with Crippen molar-refractivity contribution in [3.8, 4) is 0 Å². The highest BCUT2D eigenvalue weighted by Crippen LogP contribution is 2.01. The zero-order valence-electron chi connectivity index (χ0n) is 18.1. The fourth-order valence-electron chi connectivity index (χ4n) is 3.01. The maximum atomic E-state index is 5.66. The summed E-state index contributed by atoms with van der Waals surface area (Å²) in [4.78, 5) is 0. The molecule has 0 amide bonds. The van der Waals surface area contributed by atoms with Crippen LogP contribution in [0.3, 0.4) is 0 Å². The Morgan fingerprint density at radius 1 is 0.613 bits per heavy atom. The molecule has 1 aromatic heterocycles. The Balaban J connectivity index is 1.14. The minimum Gasteiger partial charge on any atom is -0.375 e. The van der Waals surface area contributed by atoms with Gasteiger partial charge in [0.1, 0.15) is 25.5 Å². The first-order valence-corrected chi connectivity index (χ1v) is 10.8. The molecule has 0 atom stereocenters. The van der Waals surface area contributed by atoms with E-state index >= 15 is 0 Å². The summed E-state index contributed by atoms with van der Waals surface area (Å²) in [7, 11) is 0. The third-order valence-corrected chi connectivity index (χ3v) is 4.70. The van der Waals surface area contributed by atoms with Gasteiger partial charge in [-0.3, -0.25) is 0 Å². The molecule has 0 N–H and O–H groups in total. The van der Waals surface area contributed by atoms with Crippen molar-refractivity contribution in [2.45, 2.75) is 26.3 Å². The van der Waals surface area contributed by atoms with Gasteiger partial charge in [-0.25, -0.2) is 9.13 Å². The number of hydrogen-bond acceptors (Lipinski definition) is 4. The van der Waals surface area contributed by atoms with Gasteiger partial charge >= 0.3 is 0 Å². The summed E-state index contributed by atoms with van der Waals surface area (Å²) in [5.41, 5.74) is 2.37. The van der Waals surface area contributed by atoms with E-state index in [0.717, 1.165) is 13.1 Å². The molecule has 0 spiro atoms. The molecule has 0 aliphatic rings. The Morgan fingerprint density at radius 2 is 1.16 bits per heavy atom. The van der Waals surface area contributed by atoms with Crippen molar-refractivity contribution in [1.82, 2.24) is 4.57 Å². The van der Waals surface area contributed by atoms with Crippen LogP contribution in [0, 0.1) is 0 Å². The van der Waals surface area contributed by atoms with Crippen LogP contribution in [0.4, 0.5) is 0 Å². The van der Waals surface area contributed by atoms with E-state index in [1.807, 2.05) is 36.4 Å². The monoisotopic (exact) mass is 425 g/mol. The maximum Gasteiger partial charge on any atom is 0.243 e. The van der Waals surface area contributed by atoms with Crippen molar-refractivity contribution in [3.05, 3.63) is 90.5 Å². The quantitative estimate of drug-likeness (QED) is 0.261. The van der Waals surface area contributed by atoms with Gasteiger partial charge in [-0.1, -0.05) is 60.7 Å². The highest BCUT2D eigenvalue weighted by molar-refractivity contribution is 5.14. The number of benzene rings is 2. The molecule has 6 heteroatoms. The first-order valence-electron chi connectivity index (χ1n) is 10.8. The normalized spacial score (nSPS) is 11.1. The fraction of sp³-hybridized carbons (Fsp3) is 0.400. The molecule has 31 heavy (non-hydrogen) atoms. The van der Waals surface area contributed by atoms with Crippen LogP contribution in [0.5, 0.6) is 0 Å². The number of rotatable bonds is 16. The van der Waals surface area contributed by atoms with Crippen LogP contribution in [0.1, 0.15) is 11.1 Å². The Labute approximate surface area is 184 Å². The van der Waals surface area contributed by atoms with E-state index < -0.39 is 0 Å². The van der Waals surface area contributed by atoms with Crippen molar-refractivity contribution in [2.24, 2.45) is 0 Å². The molecule has 0 aliphatic carbocycles. The Kier molecular flexibility index (Phi) is 10.8. The zero-order valence-corrected chi connectivity index (χ0v) is 18.1. The Hall–Kier alpha value is -2.51. The first kappa shape index (κ1) is 23.2. The maximum absolute atomic E-state index is 5.66. The van der Waals surface area contributed by atoms with Crippen molar-refractivity contribution in [1.29, 1.82) is 0 Å². The molecule has 2 aromatic carbocycles. The molecular formula is C25H33N2O4+. The molecule has 0 aliphatic heterocycles. The lowest BCUT2D eigenvalue weighted by atomic mass is 10.2. The molecule has 0 bridgehead atoms. The summed E-state index contributed by atoms with van der Waals surface area (Å²) in [6.45, 7) is 6.64. The number of imidazole rings is 1. The lowest BCUT2D eigenvalue weighted by Gasteiger charge is -2.05. The number of hydrogen-bond donors (Lipinski definition) is 0. The van der Waals surface area contributed by atoms with Crippen LogP contribution < -0.4 is 4.57 Å². The van der Waals surface area contributed by atoms with Gasteiger partial charge in [0.05, 0.1) is 52.9 Å². The van der Waals surface area contributed by atoms with Gasteiger partial charge in [-0.05, 0) is 11.1 Å². The van der Waals surface area contributed by atoms with E-state index in [-0.39, 0.29) is 0 Å². The SMILES string of the molecule is c1ccc(COCCOCCn2cc[n+](CCOCCOCc3ccccc3)c2)cc1. The summed E-state index contributed by atoms with van der Waals surface area (Å²) in [6, 6.07) is 20.3. The second kappa shape index (κ2) is 14.5. The molecule has 0 saturated heterocycles. The number of ether oxygens (including phenoxy) is 4. The molecule has 0 saturated carbocycles. The van der Waals surface area contributed by atoms with Crippen LogP contribution in [-0.2, 0) is 45.3 Å². The van der Waals surface area contributed by atoms with Gasteiger partial charge in [0, 0.05) is 0 Å². The topological polar surface area (TPSA) is 45.7 Å². The van der Waals surface area contributed by atoms with Gasteiger partial charge < -0.3 is 18.9 Å². The third kappa shape index (κ3) is 9.89. The number of nitrogens with zero attached hydrogens (tertiary/aromatic N) is 2. The van der Waals surface area contributed by atoms with Crippen LogP contribution >= 0.6 is 0 Å². The third-order valence-electron chi connectivity index (χ3n) is 4.70. The van der Waals surface area contributed by atoms with Gasteiger partial charge in [0.25, 0.3) is 0 Å². The second-order valence-electron chi connectivity index (χ2n) is 7.19. The molecule has 3 rings (SSSR count). The molecular weight excluding hydrogens is 392 g/mol. The average molecular weight is 426 g/mol. The molecule has 0 unspecified atom stereocenters. The van der Waals surface area contributed by atoms with Gasteiger partial charge in [-0.15, -0.1) is 0 Å². The van der Waals surface area contributed by atoms with Crippen molar-refractivity contribution >= 4 is 0 Å². The lowest BCUT2D eigenvalue weighted by molar-refractivity contribution is -0.698.